The van der Waals surface area contributed by atoms with E-state index in [9.17, 15) is 4.79 Å². The van der Waals surface area contributed by atoms with Gasteiger partial charge in [-0.3, -0.25) is 14.4 Å². The maximum atomic E-state index is 12.5. The highest BCUT2D eigenvalue weighted by Gasteiger charge is 2.28. The van der Waals surface area contributed by atoms with E-state index in [4.69, 9.17) is 0 Å². The Hall–Kier alpha value is -2.60. The zero-order valence-corrected chi connectivity index (χ0v) is 15.1. The number of nitrogens with one attached hydrogen (secondary N) is 2. The van der Waals surface area contributed by atoms with E-state index in [1.807, 2.05) is 42.3 Å². The molecule has 3 aromatic rings. The molecule has 2 N–H and O–H groups in total. The van der Waals surface area contributed by atoms with Gasteiger partial charge < -0.3 is 10.3 Å². The predicted octanol–water partition coefficient (Wildman–Crippen LogP) is 2.08. The fourth-order valence-corrected chi connectivity index (χ4v) is 3.78. The Morgan fingerprint density at radius 2 is 2.23 bits per heavy atom. The van der Waals surface area contributed by atoms with Crippen LogP contribution in [0, 0.1) is 5.92 Å². The number of carbonyl (C=O) groups is 1. The second-order valence-electron chi connectivity index (χ2n) is 7.07. The first-order chi connectivity index (χ1) is 12.7. The lowest BCUT2D eigenvalue weighted by Crippen LogP contribution is -2.34. The molecular weight excluding hydrogens is 326 g/mol. The second-order valence-corrected chi connectivity index (χ2v) is 7.07. The lowest BCUT2D eigenvalue weighted by molar-refractivity contribution is -0.124. The van der Waals surface area contributed by atoms with Crippen molar-refractivity contribution in [2.24, 2.45) is 13.0 Å². The molecule has 2 aromatic heterocycles. The molecule has 0 spiro atoms. The molecule has 0 bridgehead atoms. The number of fused-ring (bicyclic) bond motifs is 1. The number of likely N-dealkylation sites (tertiary alicyclic amines) is 1. The van der Waals surface area contributed by atoms with E-state index in [0.717, 1.165) is 38.0 Å². The van der Waals surface area contributed by atoms with Gasteiger partial charge in [0.1, 0.15) is 0 Å². The predicted molar refractivity (Wildman–Crippen MR) is 102 cm³/mol. The van der Waals surface area contributed by atoms with Crippen LogP contribution in [0.25, 0.3) is 10.9 Å². The summed E-state index contributed by atoms with van der Waals surface area (Å²) in [6.45, 7) is 3.32. The third kappa shape index (κ3) is 3.51. The number of carbonyl (C=O) groups excluding carboxylic acids is 1. The first kappa shape index (κ1) is 16.8. The van der Waals surface area contributed by atoms with Crippen LogP contribution in [0.15, 0.2) is 42.7 Å². The minimum atomic E-state index is 0.0891. The van der Waals surface area contributed by atoms with Crippen molar-refractivity contribution in [1.82, 2.24) is 25.0 Å². The van der Waals surface area contributed by atoms with Gasteiger partial charge in [-0.25, -0.2) is 0 Å². The van der Waals surface area contributed by atoms with Gasteiger partial charge in [-0.2, -0.15) is 5.10 Å². The van der Waals surface area contributed by atoms with Crippen molar-refractivity contribution in [2.75, 3.05) is 19.6 Å². The standard InChI is InChI=1S/C20H25N5O/c1-24-17(7-10-23-24)14-25-11-8-16(13-25)20(26)21-9-6-15-12-22-19-5-3-2-4-18(15)19/h2-5,7,10,12,16,22H,6,8-9,11,13-14H2,1H3,(H,21,26)/t16-/m0/s1. The smallest absolute Gasteiger partial charge is 0.224 e. The molecule has 0 radical (unpaired) electrons. The summed E-state index contributed by atoms with van der Waals surface area (Å²) in [5, 5.41) is 8.57. The molecule has 1 fully saturated rings. The summed E-state index contributed by atoms with van der Waals surface area (Å²) in [5.41, 5.74) is 3.59. The van der Waals surface area contributed by atoms with Crippen molar-refractivity contribution in [1.29, 1.82) is 0 Å². The van der Waals surface area contributed by atoms with Gasteiger partial charge in [-0.1, -0.05) is 18.2 Å². The van der Waals surface area contributed by atoms with E-state index in [1.165, 1.54) is 16.6 Å². The number of benzene rings is 1. The van der Waals surface area contributed by atoms with E-state index >= 15 is 0 Å². The average Bonchev–Trinajstić information content (AvgIpc) is 3.37. The number of aromatic amines is 1. The Bertz CT molecular complexity index is 896. The lowest BCUT2D eigenvalue weighted by Gasteiger charge is -2.16. The quantitative estimate of drug-likeness (QED) is 0.715. The van der Waals surface area contributed by atoms with Gasteiger partial charge in [0.25, 0.3) is 0 Å². The fraction of sp³-hybridized carbons (Fsp3) is 0.400. The summed E-state index contributed by atoms with van der Waals surface area (Å²) in [4.78, 5) is 18.1. The summed E-state index contributed by atoms with van der Waals surface area (Å²) in [6, 6.07) is 10.3. The lowest BCUT2D eigenvalue weighted by atomic mass is 10.1. The van der Waals surface area contributed by atoms with Crippen molar-refractivity contribution >= 4 is 16.8 Å². The van der Waals surface area contributed by atoms with Crippen molar-refractivity contribution in [2.45, 2.75) is 19.4 Å². The van der Waals surface area contributed by atoms with Crippen molar-refractivity contribution < 1.29 is 4.79 Å². The van der Waals surface area contributed by atoms with Crippen molar-refractivity contribution in [3.63, 3.8) is 0 Å². The minimum absolute atomic E-state index is 0.0891. The third-order valence-corrected chi connectivity index (χ3v) is 5.32. The highest BCUT2D eigenvalue weighted by atomic mass is 16.1. The Morgan fingerprint density at radius 1 is 1.35 bits per heavy atom. The Kier molecular flexibility index (Phi) is 4.75. The molecule has 6 heteroatoms. The monoisotopic (exact) mass is 351 g/mol. The van der Waals surface area contributed by atoms with E-state index in [0.29, 0.717) is 6.54 Å². The number of para-hydroxylation sites is 1. The number of hydrogen-bond donors (Lipinski definition) is 2. The van der Waals surface area contributed by atoms with Gasteiger partial charge in [0, 0.05) is 50.0 Å². The summed E-state index contributed by atoms with van der Waals surface area (Å²) < 4.78 is 1.90. The number of hydrogen-bond acceptors (Lipinski definition) is 3. The molecule has 0 saturated carbocycles. The highest BCUT2D eigenvalue weighted by Crippen LogP contribution is 2.20. The van der Waals surface area contributed by atoms with Gasteiger partial charge in [0.2, 0.25) is 5.91 Å². The SMILES string of the molecule is Cn1nccc1CN1CC[C@H](C(=O)NCCc2c[nH]c3ccccc23)C1. The number of aromatic nitrogens is 3. The molecule has 6 nitrogen and oxygen atoms in total. The molecule has 1 amide bonds. The molecule has 0 unspecified atom stereocenters. The number of nitrogens with zero attached hydrogens (tertiary/aromatic N) is 3. The normalized spacial score (nSPS) is 17.8. The molecule has 26 heavy (non-hydrogen) atoms. The Morgan fingerprint density at radius 3 is 3.08 bits per heavy atom. The van der Waals surface area contributed by atoms with Crippen LogP contribution in [0.5, 0.6) is 0 Å². The van der Waals surface area contributed by atoms with Crippen LogP contribution in [0.2, 0.25) is 0 Å². The molecule has 3 heterocycles. The molecule has 0 aliphatic carbocycles. The minimum Gasteiger partial charge on any atom is -0.361 e. The number of amides is 1. The topological polar surface area (TPSA) is 66.0 Å². The third-order valence-electron chi connectivity index (χ3n) is 5.32. The molecule has 1 atom stereocenters. The molecule has 136 valence electrons. The van der Waals surface area contributed by atoms with Crippen LogP contribution in [0.4, 0.5) is 0 Å². The van der Waals surface area contributed by atoms with Crippen molar-refractivity contribution in [3.05, 3.63) is 54.0 Å². The van der Waals surface area contributed by atoms with Gasteiger partial charge in [0.05, 0.1) is 11.6 Å². The molecule has 1 aliphatic rings. The zero-order chi connectivity index (χ0) is 17.9. The van der Waals surface area contributed by atoms with Crippen molar-refractivity contribution in [3.8, 4) is 0 Å². The summed E-state index contributed by atoms with van der Waals surface area (Å²) in [7, 11) is 1.96. The number of rotatable bonds is 6. The summed E-state index contributed by atoms with van der Waals surface area (Å²) in [6.07, 6.45) is 5.64. The molecule has 1 aliphatic heterocycles. The molecule has 1 aromatic carbocycles. The van der Waals surface area contributed by atoms with Crippen LogP contribution in [0.3, 0.4) is 0 Å². The van der Waals surface area contributed by atoms with Gasteiger partial charge in [-0.05, 0) is 37.1 Å². The van der Waals surface area contributed by atoms with Crippen LogP contribution >= 0.6 is 0 Å². The zero-order valence-electron chi connectivity index (χ0n) is 15.1. The Balaban J connectivity index is 1.26. The van der Waals surface area contributed by atoms with E-state index in [1.54, 1.807) is 0 Å². The van der Waals surface area contributed by atoms with Gasteiger partial charge in [0.15, 0.2) is 0 Å². The number of H-pyrrole nitrogens is 1. The second kappa shape index (κ2) is 7.33. The first-order valence-electron chi connectivity index (χ1n) is 9.22. The van der Waals surface area contributed by atoms with Crippen LogP contribution < -0.4 is 5.32 Å². The fourth-order valence-electron chi connectivity index (χ4n) is 3.78. The van der Waals surface area contributed by atoms with Crippen LogP contribution in [-0.4, -0.2) is 45.2 Å². The van der Waals surface area contributed by atoms with Crippen LogP contribution in [0.1, 0.15) is 17.7 Å². The number of aryl methyl sites for hydroxylation is 1. The maximum Gasteiger partial charge on any atom is 0.224 e. The largest absolute Gasteiger partial charge is 0.361 e. The highest BCUT2D eigenvalue weighted by molar-refractivity contribution is 5.83. The average molecular weight is 351 g/mol. The van der Waals surface area contributed by atoms with Gasteiger partial charge in [-0.15, -0.1) is 0 Å². The summed E-state index contributed by atoms with van der Waals surface area (Å²) in [5.74, 6) is 0.267. The summed E-state index contributed by atoms with van der Waals surface area (Å²) >= 11 is 0. The Labute approximate surface area is 153 Å². The molecule has 4 rings (SSSR count). The van der Waals surface area contributed by atoms with Gasteiger partial charge >= 0.3 is 0 Å². The van der Waals surface area contributed by atoms with E-state index in [2.05, 4.69) is 32.4 Å². The first-order valence-corrected chi connectivity index (χ1v) is 9.22. The molecular formula is C20H25N5O. The maximum absolute atomic E-state index is 12.5. The van der Waals surface area contributed by atoms with Crippen LogP contribution in [-0.2, 0) is 24.8 Å². The van der Waals surface area contributed by atoms with E-state index in [-0.39, 0.29) is 11.8 Å². The molecule has 1 saturated heterocycles. The van der Waals surface area contributed by atoms with E-state index < -0.39 is 0 Å².